The summed E-state index contributed by atoms with van der Waals surface area (Å²) in [5, 5.41) is 1.25. The first-order valence-corrected chi connectivity index (χ1v) is 4.82. The van der Waals surface area contributed by atoms with Gasteiger partial charge in [0.25, 0.3) is 0 Å². The van der Waals surface area contributed by atoms with Gasteiger partial charge < -0.3 is 4.98 Å². The first kappa shape index (κ1) is 9.56. The van der Waals surface area contributed by atoms with Crippen molar-refractivity contribution in [1.29, 1.82) is 0 Å². The summed E-state index contributed by atoms with van der Waals surface area (Å²) in [4.78, 5) is 14.5. The molecule has 1 N–H and O–H groups in total. The highest BCUT2D eigenvalue weighted by atomic mass is 35.5. The average molecular weight is 228 g/mol. The van der Waals surface area contributed by atoms with Crippen molar-refractivity contribution in [2.45, 2.75) is 6.92 Å². The van der Waals surface area contributed by atoms with E-state index in [0.717, 1.165) is 5.56 Å². The highest BCUT2D eigenvalue weighted by molar-refractivity contribution is 6.35. The number of aromatic amines is 1. The summed E-state index contributed by atoms with van der Waals surface area (Å²) < 4.78 is 0. The van der Waals surface area contributed by atoms with E-state index in [1.165, 1.54) is 6.20 Å². The second kappa shape index (κ2) is 3.30. The van der Waals surface area contributed by atoms with Crippen molar-refractivity contribution in [2.75, 3.05) is 0 Å². The Morgan fingerprint density at radius 3 is 2.64 bits per heavy atom. The summed E-state index contributed by atoms with van der Waals surface area (Å²) in [6, 6.07) is 3.57. The number of benzene rings is 1. The van der Waals surface area contributed by atoms with E-state index in [9.17, 15) is 4.79 Å². The van der Waals surface area contributed by atoms with Crippen molar-refractivity contribution in [3.8, 4) is 0 Å². The summed E-state index contributed by atoms with van der Waals surface area (Å²) in [5.74, 6) is 0. The molecule has 1 aromatic heterocycles. The minimum Gasteiger partial charge on any atom is -0.358 e. The van der Waals surface area contributed by atoms with Crippen LogP contribution >= 0.6 is 23.2 Å². The Labute approximate surface area is 90.5 Å². The molecular formula is C10H7Cl2NO. The Morgan fingerprint density at radius 2 is 1.93 bits per heavy atom. The predicted molar refractivity (Wildman–Crippen MR) is 59.3 cm³/mol. The highest BCUT2D eigenvalue weighted by Crippen LogP contribution is 2.21. The Bertz CT molecular complexity index is 560. The van der Waals surface area contributed by atoms with E-state index in [1.807, 2.05) is 6.92 Å². The fourth-order valence-corrected chi connectivity index (χ4v) is 1.88. The summed E-state index contributed by atoms with van der Waals surface area (Å²) >= 11 is 11.7. The molecule has 0 atom stereocenters. The van der Waals surface area contributed by atoms with E-state index >= 15 is 0 Å². The van der Waals surface area contributed by atoms with Gasteiger partial charge in [0, 0.05) is 11.6 Å². The molecule has 0 unspecified atom stereocenters. The van der Waals surface area contributed by atoms with Crippen LogP contribution in [0, 0.1) is 6.92 Å². The van der Waals surface area contributed by atoms with Crippen LogP contribution in [0.15, 0.2) is 23.1 Å². The Morgan fingerprint density at radius 1 is 1.21 bits per heavy atom. The second-order valence-corrected chi connectivity index (χ2v) is 3.95. The third-order valence-corrected chi connectivity index (χ3v) is 2.62. The minimum absolute atomic E-state index is 0.180. The first-order valence-electron chi connectivity index (χ1n) is 4.06. The van der Waals surface area contributed by atoms with Gasteiger partial charge in [0.05, 0.1) is 10.5 Å². The number of rotatable bonds is 0. The van der Waals surface area contributed by atoms with Gasteiger partial charge in [0.15, 0.2) is 0 Å². The predicted octanol–water partition coefficient (Wildman–Crippen LogP) is 3.14. The number of nitrogens with one attached hydrogen (secondary N) is 1. The molecule has 0 aliphatic rings. The van der Waals surface area contributed by atoms with E-state index < -0.39 is 0 Å². The zero-order chi connectivity index (χ0) is 10.3. The third kappa shape index (κ3) is 1.41. The van der Waals surface area contributed by atoms with Gasteiger partial charge in [-0.05, 0) is 24.6 Å². The van der Waals surface area contributed by atoms with Crippen molar-refractivity contribution in [1.82, 2.24) is 4.98 Å². The lowest BCUT2D eigenvalue weighted by atomic mass is 10.1. The molecular weight excluding hydrogens is 221 g/mol. The van der Waals surface area contributed by atoms with Crippen molar-refractivity contribution < 1.29 is 0 Å². The van der Waals surface area contributed by atoms with Crippen LogP contribution in [0.1, 0.15) is 5.56 Å². The summed E-state index contributed by atoms with van der Waals surface area (Å²) in [6.45, 7) is 1.88. The SMILES string of the molecule is Cc1cc(Cl)c2[nH]cc(Cl)c(=O)c2c1. The van der Waals surface area contributed by atoms with Crippen LogP contribution in [-0.2, 0) is 0 Å². The molecule has 2 nitrogen and oxygen atoms in total. The molecule has 0 radical (unpaired) electrons. The van der Waals surface area contributed by atoms with Gasteiger partial charge in [0.1, 0.15) is 5.02 Å². The van der Waals surface area contributed by atoms with Gasteiger partial charge in [-0.1, -0.05) is 23.2 Å². The number of hydrogen-bond acceptors (Lipinski definition) is 1. The second-order valence-electron chi connectivity index (χ2n) is 3.14. The van der Waals surface area contributed by atoms with E-state index in [1.54, 1.807) is 12.1 Å². The lowest BCUT2D eigenvalue weighted by Crippen LogP contribution is -2.03. The van der Waals surface area contributed by atoms with Crippen LogP contribution in [0.4, 0.5) is 0 Å². The van der Waals surface area contributed by atoms with Crippen LogP contribution in [0.25, 0.3) is 10.9 Å². The first-order chi connectivity index (χ1) is 6.59. The van der Waals surface area contributed by atoms with Gasteiger partial charge in [-0.15, -0.1) is 0 Å². The maximum Gasteiger partial charge on any atom is 0.207 e. The third-order valence-electron chi connectivity index (χ3n) is 2.04. The van der Waals surface area contributed by atoms with Gasteiger partial charge in [0.2, 0.25) is 5.43 Å². The molecule has 0 saturated heterocycles. The van der Waals surface area contributed by atoms with Crippen molar-refractivity contribution in [3.05, 3.63) is 44.2 Å². The molecule has 72 valence electrons. The highest BCUT2D eigenvalue weighted by Gasteiger charge is 2.06. The molecule has 0 bridgehead atoms. The molecule has 0 spiro atoms. The van der Waals surface area contributed by atoms with Gasteiger partial charge in [-0.2, -0.15) is 0 Å². The number of aromatic nitrogens is 1. The Kier molecular flexibility index (Phi) is 2.25. The summed E-state index contributed by atoms with van der Waals surface area (Å²) in [7, 11) is 0. The molecule has 0 fully saturated rings. The van der Waals surface area contributed by atoms with Crippen LogP contribution in [0.2, 0.25) is 10.0 Å². The number of hydrogen-bond donors (Lipinski definition) is 1. The largest absolute Gasteiger partial charge is 0.358 e. The molecule has 4 heteroatoms. The maximum absolute atomic E-state index is 11.6. The number of aryl methyl sites for hydroxylation is 1. The Hall–Kier alpha value is -0.990. The van der Waals surface area contributed by atoms with Crippen LogP contribution in [-0.4, -0.2) is 4.98 Å². The fraction of sp³-hybridized carbons (Fsp3) is 0.100. The number of fused-ring (bicyclic) bond motifs is 1. The quantitative estimate of drug-likeness (QED) is 0.738. The monoisotopic (exact) mass is 227 g/mol. The molecule has 1 heterocycles. The lowest BCUT2D eigenvalue weighted by molar-refractivity contribution is 1.37. The zero-order valence-corrected chi connectivity index (χ0v) is 8.91. The van der Waals surface area contributed by atoms with Crippen LogP contribution in [0.3, 0.4) is 0 Å². The standard InChI is InChI=1S/C10H7Cl2NO/c1-5-2-6-9(7(11)3-5)13-4-8(12)10(6)14/h2-4H,1H3,(H,13,14). The lowest BCUT2D eigenvalue weighted by Gasteiger charge is -2.02. The van der Waals surface area contributed by atoms with E-state index in [0.29, 0.717) is 15.9 Å². The van der Waals surface area contributed by atoms with Crippen LogP contribution in [0.5, 0.6) is 0 Å². The normalized spacial score (nSPS) is 10.8. The molecule has 2 aromatic rings. The van der Waals surface area contributed by atoms with E-state index in [4.69, 9.17) is 23.2 Å². The summed E-state index contributed by atoms with van der Waals surface area (Å²) in [6.07, 6.45) is 1.45. The molecule has 0 amide bonds. The topological polar surface area (TPSA) is 32.9 Å². The van der Waals surface area contributed by atoms with E-state index in [2.05, 4.69) is 4.98 Å². The van der Waals surface area contributed by atoms with Crippen molar-refractivity contribution >= 4 is 34.1 Å². The molecule has 2 rings (SSSR count). The molecule has 0 aliphatic carbocycles. The van der Waals surface area contributed by atoms with Gasteiger partial charge in [-0.25, -0.2) is 0 Å². The Balaban J connectivity index is 3.03. The molecule has 0 aliphatic heterocycles. The van der Waals surface area contributed by atoms with Crippen molar-refractivity contribution in [2.24, 2.45) is 0 Å². The smallest absolute Gasteiger partial charge is 0.207 e. The molecule has 0 saturated carbocycles. The maximum atomic E-state index is 11.6. The fourth-order valence-electron chi connectivity index (χ4n) is 1.40. The molecule has 1 aromatic carbocycles. The number of H-pyrrole nitrogens is 1. The minimum atomic E-state index is -0.189. The number of pyridine rings is 1. The molecule has 14 heavy (non-hydrogen) atoms. The number of halogens is 2. The van der Waals surface area contributed by atoms with Gasteiger partial charge >= 0.3 is 0 Å². The van der Waals surface area contributed by atoms with E-state index in [-0.39, 0.29) is 10.5 Å². The van der Waals surface area contributed by atoms with Crippen LogP contribution < -0.4 is 5.43 Å². The average Bonchev–Trinajstić information content (AvgIpc) is 2.12. The van der Waals surface area contributed by atoms with Crippen molar-refractivity contribution in [3.63, 3.8) is 0 Å². The van der Waals surface area contributed by atoms with Gasteiger partial charge in [-0.3, -0.25) is 4.79 Å². The summed E-state index contributed by atoms with van der Waals surface area (Å²) in [5.41, 5.74) is 1.38. The zero-order valence-electron chi connectivity index (χ0n) is 7.40.